The second kappa shape index (κ2) is 9.40. The van der Waals surface area contributed by atoms with Crippen LogP contribution in [0, 0.1) is 5.92 Å². The van der Waals surface area contributed by atoms with Crippen molar-refractivity contribution < 1.29 is 4.79 Å². The van der Waals surface area contributed by atoms with E-state index in [1.165, 1.54) is 23.1 Å². The molecule has 182 valence electrons. The normalized spacial score (nSPS) is 19.7. The smallest absolute Gasteiger partial charge is 0.321 e. The standard InChI is InChI=1S/C27H28Cl2N4OS/c28-20-6-5-18(14-21(20)29)2-1-11-32-12-9-27(10-13-32)16-33(26(34)30-15-19-3-4-19)22-7-8-23-25(24(22)27)31-17-35-23/h1-2,5-8,14,17,19H,3-4,9-13,15-16H2,(H,30,34)/b2-1+. The van der Waals surface area contributed by atoms with Crippen molar-refractivity contribution in [1.82, 2.24) is 15.2 Å². The number of anilines is 1. The van der Waals surface area contributed by atoms with E-state index in [1.54, 1.807) is 11.3 Å². The summed E-state index contributed by atoms with van der Waals surface area (Å²) in [6, 6.07) is 9.99. The highest BCUT2D eigenvalue weighted by molar-refractivity contribution is 7.16. The van der Waals surface area contributed by atoms with Crippen LogP contribution in [0.25, 0.3) is 16.3 Å². The number of carbonyl (C=O) groups is 1. The Morgan fingerprint density at radius 2 is 2.00 bits per heavy atom. The number of hydrogen-bond acceptors (Lipinski definition) is 4. The number of benzene rings is 2. The third-order valence-corrected chi connectivity index (χ3v) is 9.21. The molecule has 0 unspecified atom stereocenters. The Kier molecular flexibility index (Phi) is 6.25. The summed E-state index contributed by atoms with van der Waals surface area (Å²) >= 11 is 13.8. The summed E-state index contributed by atoms with van der Waals surface area (Å²) in [4.78, 5) is 22.4. The van der Waals surface area contributed by atoms with Crippen LogP contribution in [0.3, 0.4) is 0 Å². The molecule has 6 rings (SSSR count). The molecule has 1 spiro atoms. The minimum Gasteiger partial charge on any atom is -0.337 e. The Morgan fingerprint density at radius 3 is 2.77 bits per heavy atom. The molecule has 2 amide bonds. The van der Waals surface area contributed by atoms with Gasteiger partial charge >= 0.3 is 6.03 Å². The lowest BCUT2D eigenvalue weighted by Gasteiger charge is -2.39. The quantitative estimate of drug-likeness (QED) is 0.407. The molecule has 2 fully saturated rings. The molecule has 1 aliphatic carbocycles. The molecule has 8 heteroatoms. The van der Waals surface area contributed by atoms with Crippen molar-refractivity contribution in [2.45, 2.75) is 31.1 Å². The van der Waals surface area contributed by atoms with Crippen LogP contribution in [0.2, 0.25) is 10.0 Å². The van der Waals surface area contributed by atoms with Gasteiger partial charge in [0.2, 0.25) is 0 Å². The molecule has 0 bridgehead atoms. The monoisotopic (exact) mass is 526 g/mol. The summed E-state index contributed by atoms with van der Waals surface area (Å²) in [5, 5.41) is 4.33. The highest BCUT2D eigenvalue weighted by atomic mass is 35.5. The van der Waals surface area contributed by atoms with Crippen molar-refractivity contribution in [3.8, 4) is 0 Å². The van der Waals surface area contributed by atoms with Gasteiger partial charge in [-0.2, -0.15) is 0 Å². The van der Waals surface area contributed by atoms with E-state index in [-0.39, 0.29) is 11.4 Å². The molecule has 1 aromatic heterocycles. The molecule has 3 heterocycles. The average Bonchev–Trinajstić information content (AvgIpc) is 3.47. The van der Waals surface area contributed by atoms with Crippen LogP contribution >= 0.6 is 34.5 Å². The van der Waals surface area contributed by atoms with Gasteiger partial charge in [0.25, 0.3) is 0 Å². The molecule has 2 aliphatic heterocycles. The summed E-state index contributed by atoms with van der Waals surface area (Å²) in [5.74, 6) is 0.663. The minimum atomic E-state index is -0.0379. The number of urea groups is 1. The molecule has 0 radical (unpaired) electrons. The number of halogens is 2. The molecule has 1 N–H and O–H groups in total. The van der Waals surface area contributed by atoms with Crippen LogP contribution in [-0.4, -0.2) is 48.6 Å². The van der Waals surface area contributed by atoms with Crippen LogP contribution in [0.5, 0.6) is 0 Å². The van der Waals surface area contributed by atoms with Gasteiger partial charge in [-0.05, 0) is 74.5 Å². The van der Waals surface area contributed by atoms with E-state index in [0.29, 0.717) is 16.0 Å². The maximum atomic E-state index is 13.2. The number of aromatic nitrogens is 1. The van der Waals surface area contributed by atoms with E-state index in [2.05, 4.69) is 34.5 Å². The molecular formula is C27H28Cl2N4OS. The molecule has 1 saturated carbocycles. The fourth-order valence-electron chi connectivity index (χ4n) is 5.49. The van der Waals surface area contributed by atoms with Crippen LogP contribution in [0.15, 0.2) is 41.9 Å². The molecule has 0 atom stereocenters. The Balaban J connectivity index is 1.18. The van der Waals surface area contributed by atoms with Crippen molar-refractivity contribution in [2.24, 2.45) is 5.92 Å². The number of piperidine rings is 1. The maximum Gasteiger partial charge on any atom is 0.321 e. The highest BCUT2D eigenvalue weighted by Crippen LogP contribution is 2.50. The molecule has 35 heavy (non-hydrogen) atoms. The fourth-order valence-corrected chi connectivity index (χ4v) is 6.48. The predicted octanol–water partition coefficient (Wildman–Crippen LogP) is 6.59. The van der Waals surface area contributed by atoms with Gasteiger partial charge < -0.3 is 5.32 Å². The topological polar surface area (TPSA) is 48.5 Å². The third kappa shape index (κ3) is 4.57. The van der Waals surface area contributed by atoms with Crippen LogP contribution in [0.1, 0.15) is 36.8 Å². The van der Waals surface area contributed by atoms with E-state index < -0.39 is 0 Å². The molecule has 1 saturated heterocycles. The van der Waals surface area contributed by atoms with Gasteiger partial charge in [0.1, 0.15) is 0 Å². The Labute approximate surface area is 219 Å². The third-order valence-electron chi connectivity index (χ3n) is 7.68. The van der Waals surface area contributed by atoms with E-state index >= 15 is 0 Å². The number of nitrogens with one attached hydrogen (secondary N) is 1. The Bertz CT molecular complexity index is 1290. The Hall–Kier alpha value is -2.12. The lowest BCUT2D eigenvalue weighted by Crippen LogP contribution is -2.48. The van der Waals surface area contributed by atoms with Gasteiger partial charge in [-0.3, -0.25) is 9.80 Å². The van der Waals surface area contributed by atoms with Gasteiger partial charge in [-0.25, -0.2) is 9.78 Å². The van der Waals surface area contributed by atoms with Crippen LogP contribution in [-0.2, 0) is 5.41 Å². The number of hydrogen-bond donors (Lipinski definition) is 1. The largest absolute Gasteiger partial charge is 0.337 e. The van der Waals surface area contributed by atoms with E-state index in [9.17, 15) is 4.79 Å². The van der Waals surface area contributed by atoms with Crippen molar-refractivity contribution >= 4 is 62.5 Å². The van der Waals surface area contributed by atoms with E-state index in [0.717, 1.165) is 62.3 Å². The van der Waals surface area contributed by atoms with Crippen LogP contribution in [0.4, 0.5) is 10.5 Å². The van der Waals surface area contributed by atoms with Crippen LogP contribution < -0.4 is 10.2 Å². The van der Waals surface area contributed by atoms with Crippen molar-refractivity contribution in [3.63, 3.8) is 0 Å². The lowest BCUT2D eigenvalue weighted by atomic mass is 9.74. The Morgan fingerprint density at radius 1 is 1.17 bits per heavy atom. The number of nitrogens with zero attached hydrogens (tertiary/aromatic N) is 3. The first-order chi connectivity index (χ1) is 17.0. The summed E-state index contributed by atoms with van der Waals surface area (Å²) in [5.41, 5.74) is 6.35. The second-order valence-electron chi connectivity index (χ2n) is 10.0. The van der Waals surface area contributed by atoms with Gasteiger partial charge in [0, 0.05) is 30.6 Å². The number of carbonyl (C=O) groups excluding carboxylic acids is 1. The zero-order valence-corrected chi connectivity index (χ0v) is 21.8. The predicted molar refractivity (Wildman–Crippen MR) is 146 cm³/mol. The van der Waals surface area contributed by atoms with Gasteiger partial charge in [0.05, 0.1) is 31.5 Å². The minimum absolute atomic E-state index is 0.0379. The zero-order valence-electron chi connectivity index (χ0n) is 19.5. The summed E-state index contributed by atoms with van der Waals surface area (Å²) in [6.07, 6.45) is 8.79. The molecule has 2 aromatic carbocycles. The number of rotatable bonds is 5. The SMILES string of the molecule is O=C(NCC1CC1)N1CC2(CCN(C/C=C/c3ccc(Cl)c(Cl)c3)CC2)c2c1ccc1scnc21. The first-order valence-electron chi connectivity index (χ1n) is 12.3. The van der Waals surface area contributed by atoms with Gasteiger partial charge in [0.15, 0.2) is 0 Å². The molecule has 3 aliphatic rings. The first kappa shape index (κ1) is 23.3. The van der Waals surface area contributed by atoms with E-state index in [1.807, 2.05) is 28.6 Å². The van der Waals surface area contributed by atoms with Crippen molar-refractivity contribution in [3.05, 3.63) is 63.1 Å². The van der Waals surface area contributed by atoms with Crippen molar-refractivity contribution in [1.29, 1.82) is 0 Å². The lowest BCUT2D eigenvalue weighted by molar-refractivity contribution is 0.180. The number of fused-ring (bicyclic) bond motifs is 4. The fraction of sp³-hybridized carbons (Fsp3) is 0.407. The van der Waals surface area contributed by atoms with Gasteiger partial charge in [-0.15, -0.1) is 11.3 Å². The highest BCUT2D eigenvalue weighted by Gasteiger charge is 2.48. The number of thiazole rings is 1. The summed E-state index contributed by atoms with van der Waals surface area (Å²) in [6.45, 7) is 4.39. The van der Waals surface area contributed by atoms with Gasteiger partial charge in [-0.1, -0.05) is 41.4 Å². The first-order valence-corrected chi connectivity index (χ1v) is 13.9. The molecule has 5 nitrogen and oxygen atoms in total. The second-order valence-corrected chi connectivity index (χ2v) is 11.7. The zero-order chi connectivity index (χ0) is 24.0. The maximum absolute atomic E-state index is 13.2. The average molecular weight is 528 g/mol. The summed E-state index contributed by atoms with van der Waals surface area (Å²) < 4.78 is 1.20. The van der Waals surface area contributed by atoms with E-state index in [4.69, 9.17) is 28.2 Å². The number of amides is 2. The summed E-state index contributed by atoms with van der Waals surface area (Å²) in [7, 11) is 0. The molecule has 3 aromatic rings. The number of likely N-dealkylation sites (tertiary alicyclic amines) is 1. The van der Waals surface area contributed by atoms with Crippen molar-refractivity contribution in [2.75, 3.05) is 37.6 Å². The molecular weight excluding hydrogens is 499 g/mol.